The Morgan fingerprint density at radius 3 is 2.54 bits per heavy atom. The molecule has 0 aliphatic carbocycles. The molecule has 2 aromatic carbocycles. The van der Waals surface area contributed by atoms with Gasteiger partial charge in [-0.2, -0.15) is 11.8 Å². The summed E-state index contributed by atoms with van der Waals surface area (Å²) in [5.74, 6) is 0.370. The van der Waals surface area contributed by atoms with Gasteiger partial charge in [0.25, 0.3) is 0 Å². The Balaban J connectivity index is 1.45. The average Bonchev–Trinajstić information content (AvgIpc) is 2.89. The van der Waals surface area contributed by atoms with E-state index in [4.69, 9.17) is 0 Å². The van der Waals surface area contributed by atoms with Gasteiger partial charge >= 0.3 is 0 Å². The van der Waals surface area contributed by atoms with Crippen LogP contribution in [0.1, 0.15) is 37.7 Å². The second-order valence-corrected chi connectivity index (χ2v) is 8.29. The van der Waals surface area contributed by atoms with Crippen LogP contribution >= 0.6 is 11.8 Å². The summed E-state index contributed by atoms with van der Waals surface area (Å²) < 4.78 is 0. The fourth-order valence-electron chi connectivity index (χ4n) is 4.61. The molecule has 0 N–H and O–H groups in total. The highest BCUT2D eigenvalue weighted by Gasteiger charge is 2.42. The molecule has 2 atom stereocenters. The van der Waals surface area contributed by atoms with Crippen molar-refractivity contribution in [3.05, 3.63) is 48.0 Å². The number of nitrogens with zero attached hydrogens (tertiary/aromatic N) is 1. The Morgan fingerprint density at radius 2 is 1.79 bits per heavy atom. The summed E-state index contributed by atoms with van der Waals surface area (Å²) >= 11 is 1.98. The van der Waals surface area contributed by atoms with Crippen LogP contribution in [0.25, 0.3) is 10.8 Å². The lowest BCUT2D eigenvalue weighted by Crippen LogP contribution is -2.47. The number of benzene rings is 2. The monoisotopic (exact) mass is 339 g/mol. The maximum absolute atomic E-state index is 12.9. The lowest BCUT2D eigenvalue weighted by atomic mass is 9.98. The van der Waals surface area contributed by atoms with Gasteiger partial charge < -0.3 is 4.90 Å². The Hall–Kier alpha value is -1.48. The number of amides is 1. The fraction of sp³-hybridized carbons (Fsp3) is 0.476. The number of hydrogen-bond acceptors (Lipinski definition) is 2. The summed E-state index contributed by atoms with van der Waals surface area (Å²) in [4.78, 5) is 15.1. The fourth-order valence-corrected chi connectivity index (χ4v) is 5.44. The van der Waals surface area contributed by atoms with Crippen LogP contribution in [0.3, 0.4) is 0 Å². The standard InChI is InChI=1S/C21H25NOS/c1-24-19-13-17-10-11-18(14-19)22(17)21(23)12-9-16-7-4-6-15-5-2-3-8-20(15)16/h2-8,17-19H,9-14H2,1H3. The third-order valence-corrected chi connectivity index (χ3v) is 6.85. The van der Waals surface area contributed by atoms with Crippen molar-refractivity contribution in [3.63, 3.8) is 0 Å². The second kappa shape index (κ2) is 6.79. The van der Waals surface area contributed by atoms with Gasteiger partial charge in [0.1, 0.15) is 0 Å². The van der Waals surface area contributed by atoms with E-state index in [1.807, 2.05) is 11.8 Å². The van der Waals surface area contributed by atoms with Crippen LogP contribution in [0.4, 0.5) is 0 Å². The van der Waals surface area contributed by atoms with Gasteiger partial charge in [0.05, 0.1) is 0 Å². The zero-order valence-corrected chi connectivity index (χ0v) is 15.1. The Bertz CT molecular complexity index is 724. The molecular weight excluding hydrogens is 314 g/mol. The van der Waals surface area contributed by atoms with E-state index >= 15 is 0 Å². The number of carbonyl (C=O) groups is 1. The van der Waals surface area contributed by atoms with Crippen molar-refractivity contribution >= 4 is 28.4 Å². The molecule has 2 nitrogen and oxygen atoms in total. The first-order valence-electron chi connectivity index (χ1n) is 9.07. The summed E-state index contributed by atoms with van der Waals surface area (Å²) in [7, 11) is 0. The predicted octanol–water partition coefficient (Wildman–Crippen LogP) is 4.66. The van der Waals surface area contributed by atoms with E-state index in [0.717, 1.165) is 11.7 Å². The molecule has 0 spiro atoms. The highest BCUT2D eigenvalue weighted by atomic mass is 32.2. The molecule has 4 rings (SSSR count). The van der Waals surface area contributed by atoms with Gasteiger partial charge in [0.15, 0.2) is 0 Å². The zero-order chi connectivity index (χ0) is 16.5. The topological polar surface area (TPSA) is 20.3 Å². The van der Waals surface area contributed by atoms with Crippen LogP contribution in [0.15, 0.2) is 42.5 Å². The molecule has 0 aromatic heterocycles. The van der Waals surface area contributed by atoms with E-state index in [2.05, 4.69) is 53.6 Å². The summed E-state index contributed by atoms with van der Waals surface area (Å²) in [5.41, 5.74) is 1.30. The number of rotatable bonds is 4. The molecule has 2 aliphatic heterocycles. The van der Waals surface area contributed by atoms with Crippen LogP contribution in [0, 0.1) is 0 Å². The van der Waals surface area contributed by atoms with Crippen molar-refractivity contribution in [2.24, 2.45) is 0 Å². The van der Waals surface area contributed by atoms with Crippen LogP contribution in [-0.2, 0) is 11.2 Å². The van der Waals surface area contributed by atoms with Crippen LogP contribution < -0.4 is 0 Å². The van der Waals surface area contributed by atoms with E-state index in [9.17, 15) is 4.79 Å². The second-order valence-electron chi connectivity index (χ2n) is 7.15. The zero-order valence-electron chi connectivity index (χ0n) is 14.3. The van der Waals surface area contributed by atoms with Gasteiger partial charge in [-0.25, -0.2) is 0 Å². The molecule has 24 heavy (non-hydrogen) atoms. The number of aryl methyl sites for hydroxylation is 1. The Kier molecular flexibility index (Phi) is 4.53. The highest BCUT2D eigenvalue weighted by Crippen LogP contribution is 2.40. The molecule has 0 radical (unpaired) electrons. The van der Waals surface area contributed by atoms with Crippen LogP contribution in [0.2, 0.25) is 0 Å². The third-order valence-electron chi connectivity index (χ3n) is 5.80. The molecule has 0 saturated carbocycles. The first kappa shape index (κ1) is 16.0. The van der Waals surface area contributed by atoms with Crippen molar-refractivity contribution in [2.75, 3.05) is 6.26 Å². The molecule has 2 heterocycles. The third kappa shape index (κ3) is 2.95. The number of hydrogen-bond donors (Lipinski definition) is 0. The maximum atomic E-state index is 12.9. The smallest absolute Gasteiger partial charge is 0.223 e. The van der Waals surface area contributed by atoms with Gasteiger partial charge in [0.2, 0.25) is 5.91 Å². The summed E-state index contributed by atoms with van der Waals surface area (Å²) in [6.07, 6.45) is 8.51. The molecule has 3 heteroatoms. The molecule has 2 aliphatic rings. The molecular formula is C21H25NOS. The molecule has 2 unspecified atom stereocenters. The first-order valence-corrected chi connectivity index (χ1v) is 10.4. The summed E-state index contributed by atoms with van der Waals surface area (Å²) in [6, 6.07) is 15.9. The predicted molar refractivity (Wildman–Crippen MR) is 102 cm³/mol. The molecule has 2 fully saturated rings. The average molecular weight is 340 g/mol. The molecule has 1 amide bonds. The van der Waals surface area contributed by atoms with E-state index in [1.165, 1.54) is 42.0 Å². The minimum Gasteiger partial charge on any atom is -0.337 e. The van der Waals surface area contributed by atoms with Gasteiger partial charge in [0, 0.05) is 23.8 Å². The maximum Gasteiger partial charge on any atom is 0.223 e. The first-order chi connectivity index (χ1) is 11.8. The largest absolute Gasteiger partial charge is 0.337 e. The van der Waals surface area contributed by atoms with Crippen molar-refractivity contribution in [1.29, 1.82) is 0 Å². The normalized spacial score (nSPS) is 26.0. The Morgan fingerprint density at radius 1 is 1.08 bits per heavy atom. The van der Waals surface area contributed by atoms with Gasteiger partial charge in [-0.1, -0.05) is 42.5 Å². The van der Waals surface area contributed by atoms with E-state index in [-0.39, 0.29) is 0 Å². The van der Waals surface area contributed by atoms with Gasteiger partial charge in [-0.3, -0.25) is 4.79 Å². The van der Waals surface area contributed by atoms with E-state index in [0.29, 0.717) is 24.4 Å². The number of piperidine rings is 1. The van der Waals surface area contributed by atoms with E-state index in [1.54, 1.807) is 0 Å². The highest BCUT2D eigenvalue weighted by molar-refractivity contribution is 7.99. The molecule has 2 aromatic rings. The molecule has 2 saturated heterocycles. The molecule has 126 valence electrons. The minimum atomic E-state index is 0.370. The summed E-state index contributed by atoms with van der Waals surface area (Å²) in [5, 5.41) is 3.31. The van der Waals surface area contributed by atoms with E-state index < -0.39 is 0 Å². The van der Waals surface area contributed by atoms with Crippen molar-refractivity contribution in [2.45, 2.75) is 55.9 Å². The lowest BCUT2D eigenvalue weighted by molar-refractivity contribution is -0.135. The summed E-state index contributed by atoms with van der Waals surface area (Å²) in [6.45, 7) is 0. The Labute approximate surface area is 148 Å². The van der Waals surface area contributed by atoms with Gasteiger partial charge in [-0.15, -0.1) is 0 Å². The number of fused-ring (bicyclic) bond motifs is 3. The van der Waals surface area contributed by atoms with Crippen molar-refractivity contribution in [1.82, 2.24) is 4.90 Å². The van der Waals surface area contributed by atoms with Crippen molar-refractivity contribution in [3.8, 4) is 0 Å². The van der Waals surface area contributed by atoms with Crippen molar-refractivity contribution < 1.29 is 4.79 Å². The SMILES string of the molecule is CSC1CC2CCC(C1)N2C(=O)CCc1cccc2ccccc12. The molecule has 2 bridgehead atoms. The lowest BCUT2D eigenvalue weighted by Gasteiger charge is -2.38. The van der Waals surface area contributed by atoms with Crippen LogP contribution in [-0.4, -0.2) is 34.4 Å². The number of carbonyl (C=O) groups excluding carboxylic acids is 1. The number of thioether (sulfide) groups is 1. The van der Waals surface area contributed by atoms with Gasteiger partial charge in [-0.05, 0) is 54.7 Å². The quantitative estimate of drug-likeness (QED) is 0.807. The minimum absolute atomic E-state index is 0.370. The van der Waals surface area contributed by atoms with Crippen LogP contribution in [0.5, 0.6) is 0 Å².